The molecule has 0 saturated carbocycles. The predicted octanol–water partition coefficient (Wildman–Crippen LogP) is 2.30. The van der Waals surface area contributed by atoms with Gasteiger partial charge in [0.15, 0.2) is 0 Å². The van der Waals surface area contributed by atoms with Gasteiger partial charge in [-0.3, -0.25) is 4.90 Å². The van der Waals surface area contributed by atoms with Gasteiger partial charge in [0.25, 0.3) is 0 Å². The van der Waals surface area contributed by atoms with Crippen molar-refractivity contribution in [2.24, 2.45) is 5.92 Å². The van der Waals surface area contributed by atoms with Gasteiger partial charge < -0.3 is 4.90 Å². The largest absolute Gasteiger partial charge is 0.309 e. The van der Waals surface area contributed by atoms with Gasteiger partial charge in [-0.2, -0.15) is 0 Å². The van der Waals surface area contributed by atoms with E-state index >= 15 is 0 Å². The maximum Gasteiger partial charge on any atom is 0.00793 e. The molecule has 2 heteroatoms. The Morgan fingerprint density at radius 1 is 1.29 bits per heavy atom. The monoisotopic (exact) mass is 200 g/mol. The van der Waals surface area contributed by atoms with Gasteiger partial charge >= 0.3 is 0 Å². The minimum absolute atomic E-state index is 0.781. The number of nitrogens with zero attached hydrogens (tertiary/aromatic N) is 2. The van der Waals surface area contributed by atoms with Crippen LogP contribution in [0.4, 0.5) is 0 Å². The third-order valence-electron chi connectivity index (χ3n) is 2.71. The lowest BCUT2D eigenvalue weighted by atomic mass is 9.99. The molecule has 0 radical (unpaired) electrons. The molecule has 0 bridgehead atoms. The first-order chi connectivity index (χ1) is 6.59. The SMILES string of the molecule is CC.CC1CN(C(C)CCN(C)C)C1. The summed E-state index contributed by atoms with van der Waals surface area (Å²) in [5.74, 6) is 0.937. The second-order valence-corrected chi connectivity index (χ2v) is 4.50. The van der Waals surface area contributed by atoms with Crippen LogP contribution in [0.2, 0.25) is 0 Å². The number of hydrogen-bond acceptors (Lipinski definition) is 2. The van der Waals surface area contributed by atoms with Crippen LogP contribution >= 0.6 is 0 Å². The third-order valence-corrected chi connectivity index (χ3v) is 2.71. The van der Waals surface area contributed by atoms with E-state index < -0.39 is 0 Å². The van der Waals surface area contributed by atoms with E-state index in [1.165, 1.54) is 26.1 Å². The fourth-order valence-corrected chi connectivity index (χ4v) is 1.73. The summed E-state index contributed by atoms with van der Waals surface area (Å²) in [6.07, 6.45) is 1.31. The summed E-state index contributed by atoms with van der Waals surface area (Å²) in [6, 6.07) is 0.781. The molecule has 0 aromatic heterocycles. The smallest absolute Gasteiger partial charge is 0.00793 e. The van der Waals surface area contributed by atoms with Crippen molar-refractivity contribution in [1.29, 1.82) is 0 Å². The van der Waals surface area contributed by atoms with Gasteiger partial charge in [-0.15, -0.1) is 0 Å². The molecule has 0 aromatic carbocycles. The summed E-state index contributed by atoms with van der Waals surface area (Å²) in [5, 5.41) is 0. The van der Waals surface area contributed by atoms with Crippen molar-refractivity contribution in [2.45, 2.75) is 40.2 Å². The minimum Gasteiger partial charge on any atom is -0.309 e. The van der Waals surface area contributed by atoms with Gasteiger partial charge in [0.2, 0.25) is 0 Å². The van der Waals surface area contributed by atoms with Crippen molar-refractivity contribution in [3.05, 3.63) is 0 Å². The van der Waals surface area contributed by atoms with Crippen LogP contribution in [-0.2, 0) is 0 Å². The Labute approximate surface area is 90.3 Å². The maximum atomic E-state index is 2.58. The van der Waals surface area contributed by atoms with Gasteiger partial charge in [0, 0.05) is 19.1 Å². The Morgan fingerprint density at radius 3 is 2.14 bits per heavy atom. The molecule has 1 unspecified atom stereocenters. The van der Waals surface area contributed by atoms with E-state index in [1.54, 1.807) is 0 Å². The van der Waals surface area contributed by atoms with E-state index in [-0.39, 0.29) is 0 Å². The Balaban J connectivity index is 0.000000791. The Morgan fingerprint density at radius 2 is 1.79 bits per heavy atom. The lowest BCUT2D eigenvalue weighted by Crippen LogP contribution is -2.50. The number of likely N-dealkylation sites (tertiary alicyclic amines) is 1. The molecule has 1 atom stereocenters. The van der Waals surface area contributed by atoms with Gasteiger partial charge in [-0.05, 0) is 39.9 Å². The summed E-state index contributed by atoms with van der Waals surface area (Å²) in [6.45, 7) is 12.5. The highest BCUT2D eigenvalue weighted by atomic mass is 15.2. The van der Waals surface area contributed by atoms with E-state index in [1.807, 2.05) is 13.8 Å². The minimum atomic E-state index is 0.781. The molecular weight excluding hydrogens is 172 g/mol. The van der Waals surface area contributed by atoms with Crippen molar-refractivity contribution in [3.8, 4) is 0 Å². The van der Waals surface area contributed by atoms with Crippen LogP contribution in [0.3, 0.4) is 0 Å². The Kier molecular flexibility index (Phi) is 7.20. The molecule has 2 nitrogen and oxygen atoms in total. The molecule has 1 aliphatic rings. The molecule has 1 heterocycles. The van der Waals surface area contributed by atoms with Crippen LogP contribution < -0.4 is 0 Å². The summed E-state index contributed by atoms with van der Waals surface area (Å²) in [5.41, 5.74) is 0. The van der Waals surface area contributed by atoms with E-state index in [0.29, 0.717) is 0 Å². The lowest BCUT2D eigenvalue weighted by molar-refractivity contribution is 0.0631. The molecule has 1 saturated heterocycles. The second kappa shape index (κ2) is 7.24. The van der Waals surface area contributed by atoms with Crippen molar-refractivity contribution in [2.75, 3.05) is 33.7 Å². The molecule has 0 aromatic rings. The summed E-state index contributed by atoms with van der Waals surface area (Å²) >= 11 is 0. The van der Waals surface area contributed by atoms with Crippen molar-refractivity contribution >= 4 is 0 Å². The highest BCUT2D eigenvalue weighted by molar-refractivity contribution is 4.80. The highest BCUT2D eigenvalue weighted by Gasteiger charge is 2.26. The number of rotatable bonds is 4. The molecule has 1 fully saturated rings. The molecule has 14 heavy (non-hydrogen) atoms. The van der Waals surface area contributed by atoms with Crippen molar-refractivity contribution in [3.63, 3.8) is 0 Å². The Hall–Kier alpha value is -0.0800. The van der Waals surface area contributed by atoms with Crippen LogP contribution in [0.5, 0.6) is 0 Å². The normalized spacial score (nSPS) is 19.9. The van der Waals surface area contributed by atoms with Crippen LogP contribution in [0.15, 0.2) is 0 Å². The average Bonchev–Trinajstić information content (AvgIpc) is 2.12. The highest BCUT2D eigenvalue weighted by Crippen LogP contribution is 2.18. The molecule has 0 N–H and O–H groups in total. The first kappa shape index (κ1) is 13.9. The van der Waals surface area contributed by atoms with Crippen molar-refractivity contribution in [1.82, 2.24) is 9.80 Å². The fraction of sp³-hybridized carbons (Fsp3) is 1.00. The zero-order chi connectivity index (χ0) is 11.1. The van der Waals surface area contributed by atoms with Crippen LogP contribution in [0, 0.1) is 5.92 Å². The molecule has 1 rings (SSSR count). The Bertz CT molecular complexity index is 128. The van der Waals surface area contributed by atoms with E-state index in [0.717, 1.165) is 12.0 Å². The first-order valence-electron chi connectivity index (χ1n) is 5.98. The average molecular weight is 200 g/mol. The molecule has 0 aliphatic carbocycles. The summed E-state index contributed by atoms with van der Waals surface area (Å²) in [7, 11) is 4.29. The van der Waals surface area contributed by atoms with Gasteiger partial charge in [0.05, 0.1) is 0 Å². The quantitative estimate of drug-likeness (QED) is 0.687. The molecule has 0 amide bonds. The van der Waals surface area contributed by atoms with Crippen LogP contribution in [0.1, 0.15) is 34.1 Å². The van der Waals surface area contributed by atoms with E-state index in [9.17, 15) is 0 Å². The van der Waals surface area contributed by atoms with Gasteiger partial charge in [-0.1, -0.05) is 20.8 Å². The molecule has 86 valence electrons. The first-order valence-corrected chi connectivity index (χ1v) is 5.98. The second-order valence-electron chi connectivity index (χ2n) is 4.50. The molecule has 0 spiro atoms. The topological polar surface area (TPSA) is 6.48 Å². The molecule has 1 aliphatic heterocycles. The summed E-state index contributed by atoms with van der Waals surface area (Å²) < 4.78 is 0. The third kappa shape index (κ3) is 4.97. The van der Waals surface area contributed by atoms with Crippen LogP contribution in [0.25, 0.3) is 0 Å². The summed E-state index contributed by atoms with van der Waals surface area (Å²) in [4.78, 5) is 4.84. The van der Waals surface area contributed by atoms with Crippen LogP contribution in [-0.4, -0.2) is 49.6 Å². The zero-order valence-electron chi connectivity index (χ0n) is 10.9. The van der Waals surface area contributed by atoms with Gasteiger partial charge in [0.1, 0.15) is 0 Å². The zero-order valence-corrected chi connectivity index (χ0v) is 10.9. The predicted molar refractivity (Wildman–Crippen MR) is 64.7 cm³/mol. The lowest BCUT2D eigenvalue weighted by Gasteiger charge is -2.42. The molecular formula is C12H28N2. The maximum absolute atomic E-state index is 2.58. The number of hydrogen-bond donors (Lipinski definition) is 0. The van der Waals surface area contributed by atoms with E-state index in [2.05, 4.69) is 37.7 Å². The standard InChI is InChI=1S/C10H22N2.C2H6/c1-9-7-12(8-9)10(2)5-6-11(3)4;1-2/h9-10H,5-8H2,1-4H3;1-2H3. The van der Waals surface area contributed by atoms with Gasteiger partial charge in [-0.25, -0.2) is 0 Å². The van der Waals surface area contributed by atoms with E-state index in [4.69, 9.17) is 0 Å². The fourth-order valence-electron chi connectivity index (χ4n) is 1.73. The van der Waals surface area contributed by atoms with Crippen molar-refractivity contribution < 1.29 is 0 Å².